The molecule has 1 heterocycles. The second kappa shape index (κ2) is 7.49. The van der Waals surface area contributed by atoms with Crippen molar-refractivity contribution in [2.24, 2.45) is 5.92 Å². The molecular formula is C22H18ClFN2O. The van der Waals surface area contributed by atoms with E-state index >= 15 is 0 Å². The average Bonchev–Trinajstić information content (AvgIpc) is 3.51. The summed E-state index contributed by atoms with van der Waals surface area (Å²) in [6.45, 7) is 0.911. The number of hydrogen-bond donors (Lipinski definition) is 0. The van der Waals surface area contributed by atoms with Crippen LogP contribution in [0, 0.1) is 11.7 Å². The van der Waals surface area contributed by atoms with E-state index in [9.17, 15) is 9.18 Å². The van der Waals surface area contributed by atoms with Gasteiger partial charge in [-0.3, -0.25) is 9.78 Å². The maximum absolute atomic E-state index is 13.0. The summed E-state index contributed by atoms with van der Waals surface area (Å²) in [5.74, 6) is 0.0940. The number of carbonyl (C=O) groups excluding carboxylic acids is 1. The van der Waals surface area contributed by atoms with Crippen LogP contribution < -0.4 is 4.90 Å². The van der Waals surface area contributed by atoms with Crippen molar-refractivity contribution in [1.29, 1.82) is 0 Å². The number of carbonyl (C=O) groups is 1. The van der Waals surface area contributed by atoms with Gasteiger partial charge >= 0.3 is 0 Å². The Morgan fingerprint density at radius 2 is 1.67 bits per heavy atom. The molecule has 3 nitrogen and oxygen atoms in total. The number of anilines is 2. The minimum absolute atomic E-state index is 0.221. The van der Waals surface area contributed by atoms with E-state index in [1.807, 2.05) is 30.3 Å². The molecule has 0 spiro atoms. The largest absolute Gasteiger partial charge is 0.340 e. The Kier molecular flexibility index (Phi) is 4.90. The molecule has 0 N–H and O–H groups in total. The SMILES string of the molecule is O=C(c1ccc(F)cc1)c1ccc(N(CC2CC2)c2ccc(Cl)cc2)cn1. The van der Waals surface area contributed by atoms with Crippen LogP contribution in [0.15, 0.2) is 66.9 Å². The van der Waals surface area contributed by atoms with Gasteiger partial charge in [0.1, 0.15) is 11.5 Å². The molecule has 1 aliphatic rings. The van der Waals surface area contributed by atoms with Crippen LogP contribution in [0.1, 0.15) is 28.9 Å². The zero-order chi connectivity index (χ0) is 18.8. The molecule has 0 aliphatic heterocycles. The highest BCUT2D eigenvalue weighted by atomic mass is 35.5. The summed E-state index contributed by atoms with van der Waals surface area (Å²) in [6.07, 6.45) is 4.19. The fourth-order valence-electron chi connectivity index (χ4n) is 2.97. The number of benzene rings is 2. The van der Waals surface area contributed by atoms with E-state index in [-0.39, 0.29) is 11.6 Å². The molecule has 0 atom stereocenters. The molecular weight excluding hydrogens is 363 g/mol. The monoisotopic (exact) mass is 380 g/mol. The number of pyridine rings is 1. The lowest BCUT2D eigenvalue weighted by Crippen LogP contribution is -2.20. The zero-order valence-electron chi connectivity index (χ0n) is 14.6. The third kappa shape index (κ3) is 4.17. The van der Waals surface area contributed by atoms with E-state index in [4.69, 9.17) is 11.6 Å². The number of halogens is 2. The van der Waals surface area contributed by atoms with Gasteiger partial charge in [0.15, 0.2) is 0 Å². The fraction of sp³-hybridized carbons (Fsp3) is 0.182. The van der Waals surface area contributed by atoms with E-state index < -0.39 is 0 Å². The Bertz CT molecular complexity index is 936. The van der Waals surface area contributed by atoms with Gasteiger partial charge in [-0.25, -0.2) is 4.39 Å². The maximum Gasteiger partial charge on any atom is 0.211 e. The average molecular weight is 381 g/mol. The lowest BCUT2D eigenvalue weighted by molar-refractivity contribution is 0.103. The standard InChI is InChI=1S/C22H18ClFN2O/c23-17-5-9-19(10-6-17)26(14-15-1-2-15)20-11-12-21(25-13-20)22(27)16-3-7-18(24)8-4-16/h3-13,15H,1-2,14H2. The molecule has 2 aromatic carbocycles. The number of ketones is 1. The molecule has 1 saturated carbocycles. The third-order valence-corrected chi connectivity index (χ3v) is 4.93. The predicted octanol–water partition coefficient (Wildman–Crippen LogP) is 5.65. The zero-order valence-corrected chi connectivity index (χ0v) is 15.4. The predicted molar refractivity (Wildman–Crippen MR) is 105 cm³/mol. The molecule has 5 heteroatoms. The molecule has 1 fully saturated rings. The molecule has 1 aromatic heterocycles. The fourth-order valence-corrected chi connectivity index (χ4v) is 3.09. The van der Waals surface area contributed by atoms with Crippen LogP contribution in [0.4, 0.5) is 15.8 Å². The van der Waals surface area contributed by atoms with Crippen molar-refractivity contribution in [2.45, 2.75) is 12.8 Å². The van der Waals surface area contributed by atoms with Crippen molar-refractivity contribution in [3.8, 4) is 0 Å². The van der Waals surface area contributed by atoms with Crippen molar-refractivity contribution in [2.75, 3.05) is 11.4 Å². The quantitative estimate of drug-likeness (QED) is 0.518. The van der Waals surface area contributed by atoms with Gasteiger partial charge in [0.05, 0.1) is 11.9 Å². The van der Waals surface area contributed by atoms with Gasteiger partial charge in [-0.1, -0.05) is 11.6 Å². The minimum Gasteiger partial charge on any atom is -0.340 e. The van der Waals surface area contributed by atoms with E-state index in [2.05, 4.69) is 9.88 Å². The van der Waals surface area contributed by atoms with E-state index in [1.54, 1.807) is 12.3 Å². The molecule has 27 heavy (non-hydrogen) atoms. The van der Waals surface area contributed by atoms with Crippen molar-refractivity contribution in [1.82, 2.24) is 4.98 Å². The highest BCUT2D eigenvalue weighted by Gasteiger charge is 2.25. The van der Waals surface area contributed by atoms with Crippen LogP contribution in [0.3, 0.4) is 0 Å². The van der Waals surface area contributed by atoms with Crippen LogP contribution in [-0.2, 0) is 0 Å². The smallest absolute Gasteiger partial charge is 0.211 e. The van der Waals surface area contributed by atoms with Crippen molar-refractivity contribution < 1.29 is 9.18 Å². The highest BCUT2D eigenvalue weighted by molar-refractivity contribution is 6.30. The van der Waals surface area contributed by atoms with Crippen LogP contribution in [0.5, 0.6) is 0 Å². The highest BCUT2D eigenvalue weighted by Crippen LogP contribution is 2.35. The van der Waals surface area contributed by atoms with Gasteiger partial charge in [-0.15, -0.1) is 0 Å². The molecule has 0 saturated heterocycles. The number of aromatic nitrogens is 1. The number of rotatable bonds is 6. The van der Waals surface area contributed by atoms with Gasteiger partial charge in [0.2, 0.25) is 5.78 Å². The molecule has 0 amide bonds. The first kappa shape index (κ1) is 17.7. The summed E-state index contributed by atoms with van der Waals surface area (Å²) >= 11 is 6.01. The molecule has 0 bridgehead atoms. The molecule has 4 rings (SSSR count). The van der Waals surface area contributed by atoms with Crippen molar-refractivity contribution >= 4 is 28.8 Å². The van der Waals surface area contributed by atoms with Crippen LogP contribution in [0.25, 0.3) is 0 Å². The first-order valence-electron chi connectivity index (χ1n) is 8.89. The summed E-state index contributed by atoms with van der Waals surface area (Å²) in [4.78, 5) is 19.1. The number of hydrogen-bond acceptors (Lipinski definition) is 3. The van der Waals surface area contributed by atoms with Gasteiger partial charge in [-0.2, -0.15) is 0 Å². The lowest BCUT2D eigenvalue weighted by Gasteiger charge is -2.25. The van der Waals surface area contributed by atoms with Crippen molar-refractivity contribution in [3.63, 3.8) is 0 Å². The normalized spacial score (nSPS) is 13.4. The Morgan fingerprint density at radius 3 is 2.26 bits per heavy atom. The number of nitrogens with zero attached hydrogens (tertiary/aromatic N) is 2. The van der Waals surface area contributed by atoms with Crippen molar-refractivity contribution in [3.05, 3.63) is 89.0 Å². The summed E-state index contributed by atoms with van der Waals surface area (Å²) < 4.78 is 13.0. The van der Waals surface area contributed by atoms with E-state index in [0.717, 1.165) is 17.9 Å². The van der Waals surface area contributed by atoms with Crippen LogP contribution in [0.2, 0.25) is 5.02 Å². The second-order valence-corrected chi connectivity index (χ2v) is 7.20. The van der Waals surface area contributed by atoms with E-state index in [1.165, 1.54) is 37.1 Å². The van der Waals surface area contributed by atoms with Gasteiger partial charge in [0.25, 0.3) is 0 Å². The van der Waals surface area contributed by atoms with Gasteiger partial charge < -0.3 is 4.90 Å². The Hall–Kier alpha value is -2.72. The molecule has 3 aromatic rings. The maximum atomic E-state index is 13.0. The minimum atomic E-state index is -0.367. The molecule has 136 valence electrons. The summed E-state index contributed by atoms with van der Waals surface area (Å²) in [5, 5.41) is 0.698. The first-order valence-corrected chi connectivity index (χ1v) is 9.27. The topological polar surface area (TPSA) is 33.2 Å². The summed E-state index contributed by atoms with van der Waals surface area (Å²) in [5.41, 5.74) is 2.74. The molecule has 0 radical (unpaired) electrons. The Labute approximate surface area is 162 Å². The van der Waals surface area contributed by atoms with Crippen LogP contribution >= 0.6 is 11.6 Å². The van der Waals surface area contributed by atoms with Crippen LogP contribution in [-0.4, -0.2) is 17.3 Å². The van der Waals surface area contributed by atoms with Gasteiger partial charge in [-0.05, 0) is 79.4 Å². The first-order chi connectivity index (χ1) is 13.1. The Morgan fingerprint density at radius 1 is 1.00 bits per heavy atom. The molecule has 0 unspecified atom stereocenters. The Balaban J connectivity index is 1.59. The van der Waals surface area contributed by atoms with Gasteiger partial charge in [0, 0.05) is 22.8 Å². The second-order valence-electron chi connectivity index (χ2n) is 6.77. The third-order valence-electron chi connectivity index (χ3n) is 4.67. The summed E-state index contributed by atoms with van der Waals surface area (Å²) in [7, 11) is 0. The lowest BCUT2D eigenvalue weighted by atomic mass is 10.1. The van der Waals surface area contributed by atoms with E-state index in [0.29, 0.717) is 22.2 Å². The summed E-state index contributed by atoms with van der Waals surface area (Å²) in [6, 6.07) is 16.8. The molecule has 1 aliphatic carbocycles.